The summed E-state index contributed by atoms with van der Waals surface area (Å²) in [5.41, 5.74) is 1.44. The van der Waals surface area contributed by atoms with Crippen molar-refractivity contribution in [1.82, 2.24) is 20.3 Å². The Bertz CT molecular complexity index is 1020. The number of nitrogens with zero attached hydrogens (tertiary/aromatic N) is 4. The van der Waals surface area contributed by atoms with Gasteiger partial charge in [0.15, 0.2) is 5.65 Å². The van der Waals surface area contributed by atoms with Crippen molar-refractivity contribution in [3.63, 3.8) is 0 Å². The molecule has 8 nitrogen and oxygen atoms in total. The van der Waals surface area contributed by atoms with Gasteiger partial charge in [-0.1, -0.05) is 12.8 Å². The number of aromatic nitrogens is 3. The SMILES string of the molecule is O=C(O)c1ccc(-c2cnc3ccc(N(S)C(=O)NC4CC4)nc3n2)s1. The Morgan fingerprint density at radius 3 is 2.73 bits per heavy atom. The number of hydrogen-bond donors (Lipinski definition) is 3. The zero-order valence-electron chi connectivity index (χ0n) is 13.3. The Labute approximate surface area is 157 Å². The molecule has 10 heteroatoms. The van der Waals surface area contributed by atoms with Gasteiger partial charge in [-0.25, -0.2) is 23.9 Å². The summed E-state index contributed by atoms with van der Waals surface area (Å²) in [7, 11) is 0. The van der Waals surface area contributed by atoms with Gasteiger partial charge in [-0.05, 0) is 37.1 Å². The number of amides is 2. The van der Waals surface area contributed by atoms with Gasteiger partial charge in [0, 0.05) is 6.04 Å². The van der Waals surface area contributed by atoms with Gasteiger partial charge in [0.05, 0.1) is 11.1 Å². The standard InChI is InChI=1S/C16H13N5O3S2/c22-15(23)12-5-4-11(26-12)10-7-17-9-3-6-13(20-14(9)19-10)21(25)16(24)18-8-1-2-8/h3-8,25H,1-2H2,(H,18,24)(H,22,23). The van der Waals surface area contributed by atoms with Crippen molar-refractivity contribution in [3.05, 3.63) is 35.3 Å². The fourth-order valence-electron chi connectivity index (χ4n) is 2.28. The number of carbonyl (C=O) groups is 2. The van der Waals surface area contributed by atoms with Crippen LogP contribution in [0, 0.1) is 0 Å². The molecule has 132 valence electrons. The van der Waals surface area contributed by atoms with Gasteiger partial charge >= 0.3 is 12.0 Å². The maximum absolute atomic E-state index is 12.1. The molecule has 26 heavy (non-hydrogen) atoms. The number of thiol groups is 1. The number of hydrogen-bond acceptors (Lipinski definition) is 7. The van der Waals surface area contributed by atoms with Crippen molar-refractivity contribution in [3.8, 4) is 10.6 Å². The van der Waals surface area contributed by atoms with E-state index in [2.05, 4.69) is 33.1 Å². The van der Waals surface area contributed by atoms with Crippen LogP contribution in [0.4, 0.5) is 10.6 Å². The van der Waals surface area contributed by atoms with E-state index in [4.69, 9.17) is 5.11 Å². The fourth-order valence-corrected chi connectivity index (χ4v) is 3.25. The first-order valence-electron chi connectivity index (χ1n) is 7.78. The largest absolute Gasteiger partial charge is 0.477 e. The maximum Gasteiger partial charge on any atom is 0.345 e. The number of carboxylic acid groups (broad SMARTS) is 1. The van der Waals surface area contributed by atoms with Crippen LogP contribution in [0.3, 0.4) is 0 Å². The predicted octanol–water partition coefficient (Wildman–Crippen LogP) is 2.97. The first-order chi connectivity index (χ1) is 12.5. The molecule has 3 aromatic heterocycles. The molecule has 0 saturated heterocycles. The number of aromatic carboxylic acids is 1. The molecule has 0 unspecified atom stereocenters. The number of fused-ring (bicyclic) bond motifs is 1. The molecule has 0 radical (unpaired) electrons. The molecule has 0 spiro atoms. The summed E-state index contributed by atoms with van der Waals surface area (Å²) in [6.45, 7) is 0. The van der Waals surface area contributed by atoms with Crippen molar-refractivity contribution >= 4 is 53.1 Å². The molecule has 3 aromatic rings. The van der Waals surface area contributed by atoms with Crippen molar-refractivity contribution < 1.29 is 14.7 Å². The number of thiophene rings is 1. The molecule has 3 heterocycles. The zero-order valence-corrected chi connectivity index (χ0v) is 15.0. The third-order valence-corrected chi connectivity index (χ3v) is 5.26. The molecule has 0 aliphatic heterocycles. The number of nitrogens with one attached hydrogen (secondary N) is 1. The van der Waals surface area contributed by atoms with E-state index in [1.165, 1.54) is 6.07 Å². The fraction of sp³-hybridized carbons (Fsp3) is 0.188. The van der Waals surface area contributed by atoms with E-state index < -0.39 is 5.97 Å². The maximum atomic E-state index is 12.1. The van der Waals surface area contributed by atoms with Crippen LogP contribution in [0.2, 0.25) is 0 Å². The minimum Gasteiger partial charge on any atom is -0.477 e. The van der Waals surface area contributed by atoms with Crippen LogP contribution in [0.5, 0.6) is 0 Å². The predicted molar refractivity (Wildman–Crippen MR) is 101 cm³/mol. The molecule has 1 aliphatic carbocycles. The second-order valence-electron chi connectivity index (χ2n) is 5.77. The topological polar surface area (TPSA) is 108 Å². The molecule has 0 aromatic carbocycles. The van der Waals surface area contributed by atoms with Gasteiger partial charge in [-0.2, -0.15) is 0 Å². The highest BCUT2D eigenvalue weighted by molar-refractivity contribution is 7.82. The van der Waals surface area contributed by atoms with Crippen LogP contribution in [0.1, 0.15) is 22.5 Å². The van der Waals surface area contributed by atoms with Crippen molar-refractivity contribution in [2.75, 3.05) is 4.31 Å². The van der Waals surface area contributed by atoms with E-state index >= 15 is 0 Å². The Kier molecular flexibility index (Phi) is 4.21. The zero-order chi connectivity index (χ0) is 18.3. The highest BCUT2D eigenvalue weighted by atomic mass is 32.1. The molecule has 2 amide bonds. The Morgan fingerprint density at radius 1 is 1.23 bits per heavy atom. The summed E-state index contributed by atoms with van der Waals surface area (Å²) in [5.74, 6) is -0.648. The normalized spacial score (nSPS) is 13.6. The van der Waals surface area contributed by atoms with E-state index in [1.54, 1.807) is 24.4 Å². The average molecular weight is 387 g/mol. The van der Waals surface area contributed by atoms with Crippen LogP contribution in [0.15, 0.2) is 30.5 Å². The van der Waals surface area contributed by atoms with Gasteiger partial charge in [0.1, 0.15) is 21.9 Å². The van der Waals surface area contributed by atoms with E-state index in [1.807, 2.05) is 0 Å². The first-order valence-corrected chi connectivity index (χ1v) is 9.00. The molecule has 2 N–H and O–H groups in total. The highest BCUT2D eigenvalue weighted by Crippen LogP contribution is 2.28. The number of rotatable bonds is 4. The highest BCUT2D eigenvalue weighted by Gasteiger charge is 2.26. The minimum absolute atomic E-state index is 0.214. The van der Waals surface area contributed by atoms with E-state index in [-0.39, 0.29) is 17.0 Å². The van der Waals surface area contributed by atoms with Gasteiger partial charge < -0.3 is 10.4 Å². The summed E-state index contributed by atoms with van der Waals surface area (Å²) in [6.07, 6.45) is 3.53. The van der Waals surface area contributed by atoms with Crippen LogP contribution in [-0.2, 0) is 0 Å². The van der Waals surface area contributed by atoms with Crippen LogP contribution < -0.4 is 9.62 Å². The molecular formula is C16H13N5O3S2. The lowest BCUT2D eigenvalue weighted by Gasteiger charge is -2.15. The third-order valence-electron chi connectivity index (χ3n) is 3.78. The smallest absolute Gasteiger partial charge is 0.345 e. The first kappa shape index (κ1) is 16.7. The number of carbonyl (C=O) groups excluding carboxylic acids is 1. The lowest BCUT2D eigenvalue weighted by atomic mass is 10.3. The van der Waals surface area contributed by atoms with Crippen molar-refractivity contribution in [1.29, 1.82) is 0 Å². The summed E-state index contributed by atoms with van der Waals surface area (Å²) in [6, 6.07) is 6.43. The quantitative estimate of drug-likeness (QED) is 0.594. The number of urea groups is 1. The summed E-state index contributed by atoms with van der Waals surface area (Å²) in [5, 5.41) is 11.9. The summed E-state index contributed by atoms with van der Waals surface area (Å²) >= 11 is 5.32. The summed E-state index contributed by atoms with van der Waals surface area (Å²) in [4.78, 5) is 37.1. The number of anilines is 1. The molecule has 1 saturated carbocycles. The Morgan fingerprint density at radius 2 is 2.04 bits per heavy atom. The van der Waals surface area contributed by atoms with Crippen LogP contribution >= 0.6 is 24.2 Å². The summed E-state index contributed by atoms with van der Waals surface area (Å²) < 4.78 is 1.14. The van der Waals surface area contributed by atoms with Crippen molar-refractivity contribution in [2.24, 2.45) is 0 Å². The van der Waals surface area contributed by atoms with Crippen molar-refractivity contribution in [2.45, 2.75) is 18.9 Å². The lowest BCUT2D eigenvalue weighted by molar-refractivity contribution is 0.0702. The molecule has 4 rings (SSSR count). The van der Waals surface area contributed by atoms with Crippen LogP contribution in [-0.4, -0.2) is 38.1 Å². The second-order valence-corrected chi connectivity index (χ2v) is 7.26. The van der Waals surface area contributed by atoms with E-state index in [0.29, 0.717) is 27.6 Å². The Balaban J connectivity index is 1.65. The molecule has 0 bridgehead atoms. The second kappa shape index (κ2) is 6.54. The Hall–Kier alpha value is -2.72. The number of pyridine rings is 1. The van der Waals surface area contributed by atoms with E-state index in [0.717, 1.165) is 28.5 Å². The van der Waals surface area contributed by atoms with E-state index in [9.17, 15) is 9.59 Å². The van der Waals surface area contributed by atoms with Gasteiger partial charge in [-0.3, -0.25) is 4.98 Å². The van der Waals surface area contributed by atoms with Gasteiger partial charge in [0.2, 0.25) is 0 Å². The molecule has 1 aliphatic rings. The molecule has 1 fully saturated rings. The number of carboxylic acids is 1. The third kappa shape index (κ3) is 3.33. The molecular weight excluding hydrogens is 374 g/mol. The monoisotopic (exact) mass is 387 g/mol. The minimum atomic E-state index is -0.984. The van der Waals surface area contributed by atoms with Gasteiger partial charge in [0.25, 0.3) is 0 Å². The average Bonchev–Trinajstić information content (AvgIpc) is 3.31. The lowest BCUT2D eigenvalue weighted by Crippen LogP contribution is -2.35. The van der Waals surface area contributed by atoms with Gasteiger partial charge in [-0.15, -0.1) is 11.3 Å². The van der Waals surface area contributed by atoms with Crippen LogP contribution in [0.25, 0.3) is 21.7 Å². The molecule has 0 atom stereocenters.